The first kappa shape index (κ1) is 20.8. The van der Waals surface area contributed by atoms with Gasteiger partial charge in [0.25, 0.3) is 0 Å². The predicted molar refractivity (Wildman–Crippen MR) is 127 cm³/mol. The fraction of sp³-hybridized carbons (Fsp3) is 0.269. The van der Waals surface area contributed by atoms with Gasteiger partial charge in [0.15, 0.2) is 5.58 Å². The zero-order valence-electron chi connectivity index (χ0n) is 18.1. The van der Waals surface area contributed by atoms with E-state index in [1.54, 1.807) is 6.20 Å². The molecule has 0 bridgehead atoms. The quantitative estimate of drug-likeness (QED) is 0.512. The molecule has 1 N–H and O–H groups in total. The van der Waals surface area contributed by atoms with Crippen LogP contribution in [0.2, 0.25) is 0 Å². The topological polar surface area (TPSA) is 58.6 Å². The average Bonchev–Trinajstić information content (AvgIpc) is 3.12. The first-order chi connectivity index (χ1) is 15.0. The maximum absolute atomic E-state index is 12.5. The van der Waals surface area contributed by atoms with Crippen molar-refractivity contribution in [2.75, 3.05) is 18.0 Å². The number of aromatic hydroxyl groups is 1. The second kappa shape index (κ2) is 8.34. The summed E-state index contributed by atoms with van der Waals surface area (Å²) < 4.78 is 7.14. The minimum absolute atomic E-state index is 0.169. The van der Waals surface area contributed by atoms with Gasteiger partial charge in [-0.2, -0.15) is 0 Å². The lowest BCUT2D eigenvalue weighted by Gasteiger charge is -2.25. The molecular formula is C26H28N2O3. The Labute approximate surface area is 182 Å². The number of oxazole rings is 1. The molecule has 4 rings (SSSR count). The highest BCUT2D eigenvalue weighted by atomic mass is 16.4. The second-order valence-electron chi connectivity index (χ2n) is 7.74. The molecule has 31 heavy (non-hydrogen) atoms. The van der Waals surface area contributed by atoms with Crippen LogP contribution in [0.4, 0.5) is 5.69 Å². The first-order valence-electron chi connectivity index (χ1n) is 10.7. The maximum Gasteiger partial charge on any atom is 0.424 e. The van der Waals surface area contributed by atoms with Gasteiger partial charge >= 0.3 is 5.76 Å². The number of allylic oxidation sites excluding steroid dienone is 1. The van der Waals surface area contributed by atoms with Crippen LogP contribution < -0.4 is 10.7 Å². The van der Waals surface area contributed by atoms with Crippen molar-refractivity contribution in [2.24, 2.45) is 0 Å². The van der Waals surface area contributed by atoms with Gasteiger partial charge in [0.1, 0.15) is 11.3 Å². The summed E-state index contributed by atoms with van der Waals surface area (Å²) in [5.74, 6) is -0.329. The predicted octanol–water partition coefficient (Wildman–Crippen LogP) is 5.22. The van der Waals surface area contributed by atoms with Gasteiger partial charge < -0.3 is 14.4 Å². The molecule has 0 radical (unpaired) electrons. The van der Waals surface area contributed by atoms with Gasteiger partial charge in [0, 0.05) is 47.6 Å². The normalized spacial score (nSPS) is 14.7. The third kappa shape index (κ3) is 3.30. The Balaban J connectivity index is 1.86. The Morgan fingerprint density at radius 1 is 1.10 bits per heavy atom. The number of phenols is 1. The van der Waals surface area contributed by atoms with Crippen LogP contribution in [0.25, 0.3) is 17.3 Å². The van der Waals surface area contributed by atoms with Crippen LogP contribution in [0.1, 0.15) is 42.0 Å². The van der Waals surface area contributed by atoms with Gasteiger partial charge in [0.05, 0.1) is 0 Å². The highest BCUT2D eigenvalue weighted by molar-refractivity contribution is 5.89. The van der Waals surface area contributed by atoms with Crippen molar-refractivity contribution in [3.8, 4) is 5.75 Å². The first-order valence-corrected chi connectivity index (χ1v) is 10.7. The highest BCUT2D eigenvalue weighted by Gasteiger charge is 2.30. The van der Waals surface area contributed by atoms with Crippen molar-refractivity contribution >= 4 is 23.0 Å². The maximum atomic E-state index is 12.5. The molecule has 5 heteroatoms. The monoisotopic (exact) mass is 416 g/mol. The van der Waals surface area contributed by atoms with E-state index < -0.39 is 5.76 Å². The molecule has 5 nitrogen and oxygen atoms in total. The molecule has 0 spiro atoms. The third-order valence-corrected chi connectivity index (χ3v) is 6.04. The van der Waals surface area contributed by atoms with E-state index in [1.807, 2.05) is 32.1 Å². The van der Waals surface area contributed by atoms with Gasteiger partial charge in [-0.1, -0.05) is 44.2 Å². The fourth-order valence-corrected chi connectivity index (χ4v) is 4.62. The molecule has 160 valence electrons. The average molecular weight is 417 g/mol. The van der Waals surface area contributed by atoms with Crippen molar-refractivity contribution in [1.82, 2.24) is 4.57 Å². The van der Waals surface area contributed by atoms with Crippen LogP contribution in [0.3, 0.4) is 0 Å². The van der Waals surface area contributed by atoms with Crippen molar-refractivity contribution in [3.63, 3.8) is 0 Å². The Morgan fingerprint density at radius 2 is 1.74 bits per heavy atom. The molecule has 2 heterocycles. The lowest BCUT2D eigenvalue weighted by molar-refractivity contribution is 0.460. The SMILES string of the molecule is C=CCN(CC=C)c1ccc(C2C=Cn3c(=O)oc4c(CC)c(CC)c(O)c2c43)cc1. The van der Waals surface area contributed by atoms with Crippen LogP contribution in [0, 0.1) is 0 Å². The van der Waals surface area contributed by atoms with E-state index in [1.165, 1.54) is 4.57 Å². The number of nitrogens with zero attached hydrogens (tertiary/aromatic N) is 2. The molecule has 2 aromatic carbocycles. The van der Waals surface area contributed by atoms with E-state index in [0.717, 1.165) is 41.0 Å². The molecular weight excluding hydrogens is 388 g/mol. The summed E-state index contributed by atoms with van der Waals surface area (Å²) in [6.45, 7) is 13.2. The van der Waals surface area contributed by atoms with E-state index >= 15 is 0 Å². The molecule has 0 aliphatic carbocycles. The summed E-state index contributed by atoms with van der Waals surface area (Å²) in [5.41, 5.74) is 5.88. The number of benzene rings is 2. The van der Waals surface area contributed by atoms with E-state index in [9.17, 15) is 9.90 Å². The molecule has 3 aromatic rings. The minimum atomic E-state index is -0.423. The van der Waals surface area contributed by atoms with E-state index in [-0.39, 0.29) is 11.7 Å². The van der Waals surface area contributed by atoms with Crippen LogP contribution >= 0.6 is 0 Å². The molecule has 1 atom stereocenters. The number of aromatic nitrogens is 1. The molecule has 1 aliphatic heterocycles. The van der Waals surface area contributed by atoms with Crippen molar-refractivity contribution in [2.45, 2.75) is 32.6 Å². The van der Waals surface area contributed by atoms with Crippen molar-refractivity contribution < 1.29 is 9.52 Å². The van der Waals surface area contributed by atoms with Crippen LogP contribution in [0.15, 0.2) is 64.9 Å². The molecule has 1 aliphatic rings. The Morgan fingerprint density at radius 3 is 2.32 bits per heavy atom. The lowest BCUT2D eigenvalue weighted by atomic mass is 9.84. The number of aryl methyl sites for hydroxylation is 1. The zero-order chi connectivity index (χ0) is 22.1. The Hall–Kier alpha value is -3.47. The molecule has 1 aromatic heterocycles. The standard InChI is InChI=1S/C26H28N2O3/c1-5-14-27(15-6-2)18-11-9-17(10-12-18)21-13-16-28-23-22(21)24(29)19(7-3)20(8-4)25(23)31-26(28)30/h5-6,9-13,16,21,29H,1-2,7-8,14-15H2,3-4H3. The van der Waals surface area contributed by atoms with Crippen LogP contribution in [-0.4, -0.2) is 22.8 Å². The fourth-order valence-electron chi connectivity index (χ4n) is 4.62. The van der Waals surface area contributed by atoms with Gasteiger partial charge in [-0.05, 0) is 30.5 Å². The Kier molecular flexibility index (Phi) is 5.59. The number of anilines is 1. The van der Waals surface area contributed by atoms with Gasteiger partial charge in [-0.15, -0.1) is 13.2 Å². The van der Waals surface area contributed by atoms with E-state index in [4.69, 9.17) is 4.42 Å². The van der Waals surface area contributed by atoms with Crippen LogP contribution in [0.5, 0.6) is 5.75 Å². The van der Waals surface area contributed by atoms with E-state index in [0.29, 0.717) is 23.9 Å². The molecule has 0 amide bonds. The smallest absolute Gasteiger partial charge is 0.424 e. The lowest BCUT2D eigenvalue weighted by Crippen LogP contribution is -2.23. The second-order valence-corrected chi connectivity index (χ2v) is 7.74. The summed E-state index contributed by atoms with van der Waals surface area (Å²) in [7, 11) is 0. The molecule has 0 fully saturated rings. The number of rotatable bonds is 8. The zero-order valence-corrected chi connectivity index (χ0v) is 18.1. The summed E-state index contributed by atoms with van der Waals surface area (Å²) >= 11 is 0. The molecule has 0 saturated carbocycles. The van der Waals surface area contributed by atoms with E-state index in [2.05, 4.69) is 42.3 Å². The van der Waals surface area contributed by atoms with Crippen molar-refractivity contribution in [3.05, 3.63) is 88.5 Å². The summed E-state index contributed by atoms with van der Waals surface area (Å²) in [5, 5.41) is 11.3. The summed E-state index contributed by atoms with van der Waals surface area (Å²) in [6, 6.07) is 8.29. The van der Waals surface area contributed by atoms with Crippen LogP contribution in [-0.2, 0) is 12.8 Å². The number of phenolic OH excluding ortho intramolecular Hbond substituents is 1. The number of hydrogen-bond acceptors (Lipinski definition) is 4. The van der Waals surface area contributed by atoms with Gasteiger partial charge in [-0.25, -0.2) is 9.36 Å². The molecule has 0 saturated heterocycles. The largest absolute Gasteiger partial charge is 0.507 e. The Bertz CT molecular complexity index is 1220. The van der Waals surface area contributed by atoms with Crippen molar-refractivity contribution in [1.29, 1.82) is 0 Å². The molecule has 1 unspecified atom stereocenters. The summed E-state index contributed by atoms with van der Waals surface area (Å²) in [6.07, 6.45) is 8.80. The highest BCUT2D eigenvalue weighted by Crippen LogP contribution is 2.45. The van der Waals surface area contributed by atoms with Gasteiger partial charge in [0.2, 0.25) is 0 Å². The number of hydrogen-bond donors (Lipinski definition) is 1. The third-order valence-electron chi connectivity index (χ3n) is 6.04. The van der Waals surface area contributed by atoms with Gasteiger partial charge in [-0.3, -0.25) is 0 Å². The summed E-state index contributed by atoms with van der Waals surface area (Å²) in [4.78, 5) is 14.6. The minimum Gasteiger partial charge on any atom is -0.507 e.